The first-order valence-corrected chi connectivity index (χ1v) is 13.2. The highest BCUT2D eigenvalue weighted by molar-refractivity contribution is 7.89. The van der Waals surface area contributed by atoms with Crippen LogP contribution in [0.1, 0.15) is 24.8 Å². The van der Waals surface area contributed by atoms with Crippen molar-refractivity contribution in [3.63, 3.8) is 0 Å². The molecule has 1 atom stereocenters. The molecule has 8 nitrogen and oxygen atoms in total. The molecular weight excluding hydrogens is 495 g/mol. The number of dihydropyridines is 1. The Morgan fingerprint density at radius 2 is 2.03 bits per heavy atom. The first-order valence-electron chi connectivity index (χ1n) is 11.3. The van der Waals surface area contributed by atoms with Crippen molar-refractivity contribution in [3.8, 4) is 17.0 Å². The highest BCUT2D eigenvalue weighted by atomic mass is 35.5. The van der Waals surface area contributed by atoms with Crippen molar-refractivity contribution in [2.75, 3.05) is 19.6 Å². The van der Waals surface area contributed by atoms with Crippen molar-refractivity contribution in [1.29, 1.82) is 0 Å². The number of nitrogens with zero attached hydrogens (tertiary/aromatic N) is 3. The van der Waals surface area contributed by atoms with Crippen LogP contribution >= 0.6 is 11.6 Å². The molecule has 0 spiro atoms. The molecule has 1 aromatic heterocycles. The van der Waals surface area contributed by atoms with Crippen LogP contribution < -0.4 is 9.46 Å². The second kappa shape index (κ2) is 9.33. The Labute approximate surface area is 207 Å². The van der Waals surface area contributed by atoms with Gasteiger partial charge >= 0.3 is 0 Å². The zero-order chi connectivity index (χ0) is 24.7. The molecule has 1 N–H and O–H groups in total. The number of Topliss-reactive ketones (excluding diaryl/α,β-unsaturated/α-hetero) is 1. The summed E-state index contributed by atoms with van der Waals surface area (Å²) in [5, 5.41) is 0.185. The van der Waals surface area contributed by atoms with Crippen molar-refractivity contribution >= 4 is 33.6 Å². The van der Waals surface area contributed by atoms with Crippen LogP contribution in [0.4, 0.5) is 4.39 Å². The molecule has 0 bridgehead atoms. The van der Waals surface area contributed by atoms with Gasteiger partial charge < -0.3 is 9.64 Å². The van der Waals surface area contributed by atoms with E-state index in [1.54, 1.807) is 25.3 Å². The molecule has 1 aliphatic carbocycles. The van der Waals surface area contributed by atoms with Gasteiger partial charge in [-0.25, -0.2) is 22.5 Å². The lowest BCUT2D eigenvalue weighted by Gasteiger charge is -2.22. The summed E-state index contributed by atoms with van der Waals surface area (Å²) in [6, 6.07) is 5.76. The third-order valence-electron chi connectivity index (χ3n) is 6.19. The predicted molar refractivity (Wildman–Crippen MR) is 130 cm³/mol. The number of ether oxygens (including phenoxy) is 1. The number of sulfonamides is 1. The van der Waals surface area contributed by atoms with Crippen LogP contribution in [0.25, 0.3) is 11.1 Å². The van der Waals surface area contributed by atoms with Gasteiger partial charge in [-0.05, 0) is 49.1 Å². The topological polar surface area (TPSA) is 101 Å². The Kier molecular flexibility index (Phi) is 6.37. The molecule has 1 saturated heterocycles. The molecule has 0 radical (unpaired) electrons. The number of nitrogens with one attached hydrogen (secondary N) is 1. The minimum atomic E-state index is -3.76. The monoisotopic (exact) mass is 518 g/mol. The summed E-state index contributed by atoms with van der Waals surface area (Å²) in [4.78, 5) is 22.0. The van der Waals surface area contributed by atoms with Gasteiger partial charge in [-0.2, -0.15) is 0 Å². The summed E-state index contributed by atoms with van der Waals surface area (Å²) in [5.74, 6) is -0.510. The normalized spacial score (nSPS) is 20.6. The van der Waals surface area contributed by atoms with E-state index in [9.17, 15) is 13.2 Å². The summed E-state index contributed by atoms with van der Waals surface area (Å²) in [7, 11) is -3.76. The van der Waals surface area contributed by atoms with Crippen LogP contribution in [0.2, 0.25) is 0 Å². The van der Waals surface area contributed by atoms with Crippen molar-refractivity contribution in [3.05, 3.63) is 52.6 Å². The maximum atomic E-state index is 15.1. The third-order valence-corrected chi connectivity index (χ3v) is 8.09. The van der Waals surface area contributed by atoms with Gasteiger partial charge in [0, 0.05) is 43.0 Å². The lowest BCUT2D eigenvalue weighted by molar-refractivity contribution is -0.113. The number of aryl methyl sites for hydroxylation is 1. The van der Waals surface area contributed by atoms with Gasteiger partial charge in [0.2, 0.25) is 15.9 Å². The van der Waals surface area contributed by atoms with Gasteiger partial charge in [0.15, 0.2) is 5.78 Å². The molecule has 0 unspecified atom stereocenters. The molecule has 1 aromatic carbocycles. The molecule has 2 aromatic rings. The third kappa shape index (κ3) is 5.10. The number of carbonyl (C=O) groups is 1. The molecule has 2 aliphatic heterocycles. The molecule has 5 rings (SSSR count). The molecule has 11 heteroatoms. The Hall–Kier alpha value is -2.82. The van der Waals surface area contributed by atoms with E-state index in [0.29, 0.717) is 47.8 Å². The molecular formula is C24H24ClFN4O4S. The first kappa shape index (κ1) is 23.9. The van der Waals surface area contributed by atoms with E-state index >= 15 is 4.39 Å². The predicted octanol–water partition coefficient (Wildman–Crippen LogP) is 3.19. The molecule has 2 fully saturated rings. The zero-order valence-electron chi connectivity index (χ0n) is 19.0. The van der Waals surface area contributed by atoms with E-state index in [-0.39, 0.29) is 34.4 Å². The van der Waals surface area contributed by atoms with E-state index in [0.717, 1.165) is 18.9 Å². The lowest BCUT2D eigenvalue weighted by Crippen LogP contribution is -2.28. The second-order valence-corrected chi connectivity index (χ2v) is 11.0. The number of ketones is 1. The number of aliphatic imine (C=N–C) groups is 1. The fraction of sp³-hybridized carbons (Fsp3) is 0.375. The van der Waals surface area contributed by atoms with Crippen LogP contribution in [0, 0.1) is 12.7 Å². The lowest BCUT2D eigenvalue weighted by atomic mass is 10.0. The van der Waals surface area contributed by atoms with Crippen LogP contribution in [0.3, 0.4) is 0 Å². The van der Waals surface area contributed by atoms with Crippen molar-refractivity contribution in [2.45, 2.75) is 43.2 Å². The first-order chi connectivity index (χ1) is 16.7. The number of hydrogen-bond donors (Lipinski definition) is 1. The van der Waals surface area contributed by atoms with Crippen LogP contribution in [-0.4, -0.2) is 62.1 Å². The van der Waals surface area contributed by atoms with Gasteiger partial charge in [0.05, 0.1) is 17.1 Å². The van der Waals surface area contributed by atoms with Gasteiger partial charge in [-0.3, -0.25) is 9.79 Å². The second-order valence-electron chi connectivity index (χ2n) is 8.94. The number of halogens is 2. The Bertz CT molecular complexity index is 1330. The van der Waals surface area contributed by atoms with Gasteiger partial charge in [-0.15, -0.1) is 0 Å². The van der Waals surface area contributed by atoms with E-state index < -0.39 is 15.8 Å². The minimum absolute atomic E-state index is 0.0622. The van der Waals surface area contributed by atoms with Gasteiger partial charge in [0.1, 0.15) is 23.5 Å². The highest BCUT2D eigenvalue weighted by Gasteiger charge is 2.30. The molecule has 184 valence electrons. The summed E-state index contributed by atoms with van der Waals surface area (Å²) in [6.07, 6.45) is 5.23. The number of allylic oxidation sites excluding steroid dienone is 1. The van der Waals surface area contributed by atoms with Crippen LogP contribution in [-0.2, 0) is 14.8 Å². The maximum Gasteiger partial charge on any atom is 0.240 e. The highest BCUT2D eigenvalue weighted by Crippen LogP contribution is 2.32. The van der Waals surface area contributed by atoms with Gasteiger partial charge in [-0.1, -0.05) is 11.6 Å². The number of carbonyl (C=O) groups excluding carboxylic acids is 1. The maximum absolute atomic E-state index is 15.1. The smallest absolute Gasteiger partial charge is 0.240 e. The summed E-state index contributed by atoms with van der Waals surface area (Å²) >= 11 is 6.17. The van der Waals surface area contributed by atoms with E-state index in [1.165, 1.54) is 12.3 Å². The zero-order valence-corrected chi connectivity index (χ0v) is 20.6. The van der Waals surface area contributed by atoms with E-state index in [4.69, 9.17) is 16.3 Å². The number of aromatic nitrogens is 1. The van der Waals surface area contributed by atoms with Crippen molar-refractivity contribution < 1.29 is 22.3 Å². The van der Waals surface area contributed by atoms with E-state index in [1.807, 2.05) is 4.90 Å². The Balaban J connectivity index is 1.33. The minimum Gasteiger partial charge on any atom is -0.472 e. The summed E-state index contributed by atoms with van der Waals surface area (Å²) in [5.41, 5.74) is 1.92. The standard InChI is InChI=1S/C24H24ClFN4O4S/c1-14-8-18(35(32,33)29-16-2-3-16)10-19(26)23(14)15-4-6-28-22(9-15)34-17-5-7-30(13-17)20-11-27-12-21(31)24(20)25/h4,6,8-11,16-17,29H,2-3,5,7,12-13H2,1H3/t17-/m1/s1. The average Bonchev–Trinajstić information content (AvgIpc) is 3.49. The fourth-order valence-corrected chi connectivity index (χ4v) is 5.90. The summed E-state index contributed by atoms with van der Waals surface area (Å²) in [6.45, 7) is 2.89. The number of likely N-dealkylation sites (tertiary alicyclic amines) is 1. The quantitative estimate of drug-likeness (QED) is 0.604. The molecule has 35 heavy (non-hydrogen) atoms. The van der Waals surface area contributed by atoms with Crippen LogP contribution in [0.15, 0.2) is 51.1 Å². The van der Waals surface area contributed by atoms with Crippen molar-refractivity contribution in [2.24, 2.45) is 4.99 Å². The Morgan fingerprint density at radius 3 is 2.77 bits per heavy atom. The SMILES string of the molecule is Cc1cc(S(=O)(=O)NC2CC2)cc(F)c1-c1ccnc(O[C@@H]2CCN(C3=C(Cl)C(=O)CN=C3)C2)c1. The number of hydrogen-bond acceptors (Lipinski definition) is 7. The van der Waals surface area contributed by atoms with E-state index in [2.05, 4.69) is 14.7 Å². The average molecular weight is 519 g/mol. The number of benzene rings is 1. The van der Waals surface area contributed by atoms with Gasteiger partial charge in [0.25, 0.3) is 0 Å². The number of rotatable bonds is 7. The largest absolute Gasteiger partial charge is 0.472 e. The summed E-state index contributed by atoms with van der Waals surface area (Å²) < 4.78 is 48.8. The Morgan fingerprint density at radius 1 is 1.23 bits per heavy atom. The molecule has 1 saturated carbocycles. The number of pyridine rings is 1. The molecule has 3 aliphatic rings. The molecule has 3 heterocycles. The van der Waals surface area contributed by atoms with Crippen LogP contribution in [0.5, 0.6) is 5.88 Å². The van der Waals surface area contributed by atoms with Crippen molar-refractivity contribution in [1.82, 2.24) is 14.6 Å². The fourth-order valence-electron chi connectivity index (χ4n) is 4.27. The molecule has 0 amide bonds.